The molecule has 3 nitrogen and oxygen atoms in total. The maximum absolute atomic E-state index is 11.9. The van der Waals surface area contributed by atoms with Crippen LogP contribution in [0, 0.1) is 3.57 Å². The molecule has 1 aromatic carbocycles. The van der Waals surface area contributed by atoms with Gasteiger partial charge in [-0.2, -0.15) is 0 Å². The predicted molar refractivity (Wildman–Crippen MR) is 77.1 cm³/mol. The van der Waals surface area contributed by atoms with Crippen LogP contribution in [-0.2, 0) is 0 Å². The maximum atomic E-state index is 11.9. The van der Waals surface area contributed by atoms with Crippen LogP contribution >= 0.6 is 22.6 Å². The molecule has 2 rings (SSSR count). The van der Waals surface area contributed by atoms with E-state index in [1.807, 2.05) is 24.3 Å². The highest BCUT2D eigenvalue weighted by Crippen LogP contribution is 2.08. The molecule has 1 amide bonds. The fourth-order valence-electron chi connectivity index (χ4n) is 2.02. The van der Waals surface area contributed by atoms with Crippen molar-refractivity contribution >= 4 is 28.5 Å². The first kappa shape index (κ1) is 12.8. The quantitative estimate of drug-likeness (QED) is 0.826. The third kappa shape index (κ3) is 3.96. The summed E-state index contributed by atoms with van der Waals surface area (Å²) in [4.78, 5) is 11.9. The predicted octanol–water partition coefficient (Wildman–Crippen LogP) is 2.16. The van der Waals surface area contributed by atoms with Crippen molar-refractivity contribution in [3.8, 4) is 0 Å². The van der Waals surface area contributed by atoms with Gasteiger partial charge in [0.05, 0.1) is 0 Å². The smallest absolute Gasteiger partial charge is 0.251 e. The number of piperidine rings is 1. The van der Waals surface area contributed by atoms with Gasteiger partial charge in [0.1, 0.15) is 0 Å². The second-order valence-electron chi connectivity index (χ2n) is 4.36. The van der Waals surface area contributed by atoms with Gasteiger partial charge in [-0.05, 0) is 66.2 Å². The van der Waals surface area contributed by atoms with E-state index in [0.717, 1.165) is 28.6 Å². The minimum absolute atomic E-state index is 0.0220. The average molecular weight is 344 g/mol. The van der Waals surface area contributed by atoms with Crippen molar-refractivity contribution in [3.63, 3.8) is 0 Å². The molecule has 1 unspecified atom stereocenters. The number of carbonyl (C=O) groups is 1. The summed E-state index contributed by atoms with van der Waals surface area (Å²) < 4.78 is 1.15. The number of nitrogens with one attached hydrogen (secondary N) is 2. The molecule has 1 aliphatic heterocycles. The van der Waals surface area contributed by atoms with Crippen molar-refractivity contribution in [2.75, 3.05) is 13.1 Å². The Morgan fingerprint density at radius 3 is 2.76 bits per heavy atom. The highest BCUT2D eigenvalue weighted by Gasteiger charge is 2.13. The molecule has 2 N–H and O–H groups in total. The van der Waals surface area contributed by atoms with Gasteiger partial charge in [0.2, 0.25) is 0 Å². The van der Waals surface area contributed by atoms with Crippen LogP contribution in [0.25, 0.3) is 0 Å². The van der Waals surface area contributed by atoms with E-state index in [0.29, 0.717) is 6.04 Å². The van der Waals surface area contributed by atoms with Crippen LogP contribution in [0.2, 0.25) is 0 Å². The Morgan fingerprint density at radius 1 is 1.35 bits per heavy atom. The topological polar surface area (TPSA) is 41.1 Å². The molecule has 0 aromatic heterocycles. The van der Waals surface area contributed by atoms with Gasteiger partial charge >= 0.3 is 0 Å². The number of carbonyl (C=O) groups excluding carboxylic acids is 1. The fraction of sp³-hybridized carbons (Fsp3) is 0.462. The molecule has 4 heteroatoms. The molecule has 1 saturated heterocycles. The number of hydrogen-bond donors (Lipinski definition) is 2. The van der Waals surface area contributed by atoms with Gasteiger partial charge in [-0.25, -0.2) is 0 Å². The van der Waals surface area contributed by atoms with Crippen LogP contribution in [0.4, 0.5) is 0 Å². The van der Waals surface area contributed by atoms with Crippen LogP contribution in [0.3, 0.4) is 0 Å². The zero-order valence-electron chi connectivity index (χ0n) is 9.71. The zero-order chi connectivity index (χ0) is 12.1. The summed E-state index contributed by atoms with van der Waals surface area (Å²) >= 11 is 2.23. The van der Waals surface area contributed by atoms with Crippen molar-refractivity contribution in [1.29, 1.82) is 0 Å². The molecule has 1 fully saturated rings. The van der Waals surface area contributed by atoms with E-state index in [2.05, 4.69) is 33.2 Å². The SMILES string of the molecule is O=C(NCC1CCCCN1)c1ccc(I)cc1. The monoisotopic (exact) mass is 344 g/mol. The van der Waals surface area contributed by atoms with Gasteiger partial charge in [-0.3, -0.25) is 4.79 Å². The number of rotatable bonds is 3. The minimum Gasteiger partial charge on any atom is -0.350 e. The van der Waals surface area contributed by atoms with Crippen LogP contribution < -0.4 is 10.6 Å². The van der Waals surface area contributed by atoms with Crippen LogP contribution in [-0.4, -0.2) is 25.0 Å². The molecular weight excluding hydrogens is 327 g/mol. The molecule has 17 heavy (non-hydrogen) atoms. The Bertz CT molecular complexity index is 372. The zero-order valence-corrected chi connectivity index (χ0v) is 11.9. The summed E-state index contributed by atoms with van der Waals surface area (Å²) in [6.07, 6.45) is 3.67. The van der Waals surface area contributed by atoms with E-state index in [1.54, 1.807) is 0 Å². The molecule has 1 aromatic rings. The maximum Gasteiger partial charge on any atom is 0.251 e. The molecule has 1 aliphatic rings. The Hall–Kier alpha value is -0.620. The molecule has 0 aliphatic carbocycles. The molecular formula is C13H17IN2O. The average Bonchev–Trinajstić information content (AvgIpc) is 2.38. The molecule has 0 saturated carbocycles. The van der Waals surface area contributed by atoms with Crippen molar-refractivity contribution < 1.29 is 4.79 Å². The fourth-order valence-corrected chi connectivity index (χ4v) is 2.38. The van der Waals surface area contributed by atoms with Crippen molar-refractivity contribution in [2.24, 2.45) is 0 Å². The first-order valence-electron chi connectivity index (χ1n) is 6.03. The van der Waals surface area contributed by atoms with Gasteiger partial charge in [0, 0.05) is 21.7 Å². The standard InChI is InChI=1S/C13H17IN2O/c14-11-6-4-10(5-7-11)13(17)16-9-12-3-1-2-8-15-12/h4-7,12,15H,1-3,8-9H2,(H,16,17). The van der Waals surface area contributed by atoms with E-state index in [4.69, 9.17) is 0 Å². The summed E-state index contributed by atoms with van der Waals surface area (Å²) in [6, 6.07) is 8.08. The number of amides is 1. The molecule has 92 valence electrons. The van der Waals surface area contributed by atoms with Crippen LogP contribution in [0.1, 0.15) is 29.6 Å². The number of hydrogen-bond acceptors (Lipinski definition) is 2. The van der Waals surface area contributed by atoms with Gasteiger partial charge in [0.25, 0.3) is 5.91 Å². The molecule has 0 radical (unpaired) electrons. The first-order valence-corrected chi connectivity index (χ1v) is 7.11. The summed E-state index contributed by atoms with van der Waals surface area (Å²) in [6.45, 7) is 1.80. The molecule has 1 heterocycles. The lowest BCUT2D eigenvalue weighted by molar-refractivity contribution is 0.0948. The van der Waals surface area contributed by atoms with E-state index in [1.165, 1.54) is 12.8 Å². The normalized spacial score (nSPS) is 19.9. The third-order valence-electron chi connectivity index (χ3n) is 3.03. The molecule has 0 spiro atoms. The number of halogens is 1. The molecule has 1 atom stereocenters. The minimum atomic E-state index is 0.0220. The van der Waals surface area contributed by atoms with E-state index < -0.39 is 0 Å². The van der Waals surface area contributed by atoms with Crippen LogP contribution in [0.5, 0.6) is 0 Å². The van der Waals surface area contributed by atoms with Gasteiger partial charge < -0.3 is 10.6 Å². The Labute approximate surface area is 116 Å². The first-order chi connectivity index (χ1) is 8.25. The Morgan fingerprint density at radius 2 is 2.12 bits per heavy atom. The lowest BCUT2D eigenvalue weighted by Crippen LogP contribution is -2.43. The van der Waals surface area contributed by atoms with Crippen molar-refractivity contribution in [1.82, 2.24) is 10.6 Å². The molecule has 0 bridgehead atoms. The summed E-state index contributed by atoms with van der Waals surface area (Å²) in [5, 5.41) is 6.40. The summed E-state index contributed by atoms with van der Waals surface area (Å²) in [5.41, 5.74) is 0.737. The van der Waals surface area contributed by atoms with Gasteiger partial charge in [-0.1, -0.05) is 6.42 Å². The lowest BCUT2D eigenvalue weighted by Gasteiger charge is -2.23. The van der Waals surface area contributed by atoms with E-state index in [9.17, 15) is 4.79 Å². The van der Waals surface area contributed by atoms with E-state index in [-0.39, 0.29) is 5.91 Å². The lowest BCUT2D eigenvalue weighted by atomic mass is 10.1. The highest BCUT2D eigenvalue weighted by molar-refractivity contribution is 14.1. The Kier molecular flexibility index (Phi) is 4.79. The van der Waals surface area contributed by atoms with E-state index >= 15 is 0 Å². The van der Waals surface area contributed by atoms with Gasteiger partial charge in [0.15, 0.2) is 0 Å². The largest absolute Gasteiger partial charge is 0.350 e. The van der Waals surface area contributed by atoms with Crippen molar-refractivity contribution in [3.05, 3.63) is 33.4 Å². The van der Waals surface area contributed by atoms with Crippen LogP contribution in [0.15, 0.2) is 24.3 Å². The highest BCUT2D eigenvalue weighted by atomic mass is 127. The van der Waals surface area contributed by atoms with Gasteiger partial charge in [-0.15, -0.1) is 0 Å². The van der Waals surface area contributed by atoms with Crippen molar-refractivity contribution in [2.45, 2.75) is 25.3 Å². The second kappa shape index (κ2) is 6.35. The summed E-state index contributed by atoms with van der Waals surface area (Å²) in [7, 11) is 0. The second-order valence-corrected chi connectivity index (χ2v) is 5.61. The Balaban J connectivity index is 1.82. The number of benzene rings is 1. The third-order valence-corrected chi connectivity index (χ3v) is 3.75. The summed E-state index contributed by atoms with van der Waals surface area (Å²) in [5.74, 6) is 0.0220.